The third-order valence-electron chi connectivity index (χ3n) is 0.471. The Kier molecular flexibility index (Phi) is 0.471. The van der Waals surface area contributed by atoms with Crippen LogP contribution in [0.25, 0.3) is 0 Å². The van der Waals surface area contributed by atoms with Gasteiger partial charge in [-0.25, -0.2) is 0 Å². The fraction of sp³-hybridized carbons (Fsp3) is 1.00. The van der Waals surface area contributed by atoms with Crippen LogP contribution < -0.4 is 5.14 Å². The Balaban J connectivity index is 2.00. The molecule has 0 atom stereocenters. The van der Waals surface area contributed by atoms with Crippen molar-refractivity contribution in [1.29, 1.82) is 0 Å². The second kappa shape index (κ2) is 0.807. The summed E-state index contributed by atoms with van der Waals surface area (Å²) in [6.45, 7) is 0. The Morgan fingerprint density at radius 3 is 1.75 bits per heavy atom. The van der Waals surface area contributed by atoms with Crippen molar-refractivity contribution in [2.24, 2.45) is 0 Å². The second-order valence-corrected chi connectivity index (χ2v) is 0.811. The van der Waals surface area contributed by atoms with Crippen molar-refractivity contribution >= 4 is 14.8 Å². The molecule has 1 aliphatic heterocycles. The van der Waals surface area contributed by atoms with Crippen molar-refractivity contribution in [3.8, 4) is 0 Å². The molecular formula is CH3B2N. The van der Waals surface area contributed by atoms with Gasteiger partial charge in [-0.2, -0.15) is 0 Å². The zero-order chi connectivity index (χ0) is 2.83. The maximum absolute atomic E-state index is 2.86. The molecule has 1 heterocycles. The number of rotatable bonds is 0. The van der Waals surface area contributed by atoms with Crippen LogP contribution in [0, 0.1) is 0 Å². The average molecular weight is 50.7 g/mol. The second-order valence-electron chi connectivity index (χ2n) is 0.811. The molecule has 0 aliphatic carbocycles. The van der Waals surface area contributed by atoms with Crippen LogP contribution in [0.2, 0.25) is 6.22 Å². The fourth-order valence-corrected chi connectivity index (χ4v) is 0.118. The van der Waals surface area contributed by atoms with Crippen LogP contribution in [-0.4, -0.2) is 14.8 Å². The lowest BCUT2D eigenvalue weighted by molar-refractivity contribution is 1.44. The smallest absolute Gasteiger partial charge is 0.185 e. The molecule has 1 rings (SSSR count). The molecule has 0 aromatic carbocycles. The SMILES string of the molecule is [B]1C[B]N1. The van der Waals surface area contributed by atoms with Gasteiger partial charge < -0.3 is 5.14 Å². The van der Waals surface area contributed by atoms with Crippen molar-refractivity contribution in [2.45, 2.75) is 6.22 Å². The standard InChI is InChI=1S/CH3B2N/c1-2-4-3-1/h4H,1H2. The van der Waals surface area contributed by atoms with E-state index in [1.807, 2.05) is 14.8 Å². The molecule has 4 heavy (non-hydrogen) atoms. The Labute approximate surface area is 27.3 Å². The maximum atomic E-state index is 2.86. The molecule has 3 heteroatoms. The third kappa shape index (κ3) is 0.148. The predicted molar refractivity (Wildman–Crippen MR) is 19.5 cm³/mol. The van der Waals surface area contributed by atoms with E-state index in [9.17, 15) is 0 Å². The number of hydrogen-bond donors (Lipinski definition) is 1. The van der Waals surface area contributed by atoms with Crippen LogP contribution in [0.4, 0.5) is 0 Å². The predicted octanol–water partition coefficient (Wildman–Crippen LogP) is -0.796. The highest BCUT2D eigenvalue weighted by Crippen LogP contribution is 1.74. The molecule has 0 amide bonds. The van der Waals surface area contributed by atoms with Gasteiger partial charge in [-0.3, -0.25) is 0 Å². The minimum atomic E-state index is 1.14. The van der Waals surface area contributed by atoms with E-state index in [1.54, 1.807) is 0 Å². The Hall–Kier alpha value is 0.0899. The normalized spacial score (nSPS) is 20.0. The first kappa shape index (κ1) is 2.33. The fourth-order valence-electron chi connectivity index (χ4n) is 0.118. The van der Waals surface area contributed by atoms with E-state index in [4.69, 9.17) is 0 Å². The van der Waals surface area contributed by atoms with Gasteiger partial charge in [0.05, 0.1) is 0 Å². The van der Waals surface area contributed by atoms with Crippen LogP contribution in [0.5, 0.6) is 0 Å². The molecule has 1 nitrogen and oxygen atoms in total. The van der Waals surface area contributed by atoms with Gasteiger partial charge >= 0.3 is 0 Å². The molecule has 0 aromatic heterocycles. The molecule has 0 aromatic rings. The zero-order valence-corrected chi connectivity index (χ0v) is 2.36. The maximum Gasteiger partial charge on any atom is 0.185 e. The Morgan fingerprint density at radius 2 is 1.75 bits per heavy atom. The van der Waals surface area contributed by atoms with Gasteiger partial charge in [-0.15, -0.1) is 0 Å². The molecule has 0 saturated carbocycles. The van der Waals surface area contributed by atoms with Gasteiger partial charge in [0.15, 0.2) is 14.8 Å². The van der Waals surface area contributed by atoms with Gasteiger partial charge in [-0.1, -0.05) is 6.22 Å². The molecule has 1 N–H and O–H groups in total. The number of hydrogen-bond acceptors (Lipinski definition) is 1. The minimum Gasteiger partial charge on any atom is -0.408 e. The summed E-state index contributed by atoms with van der Waals surface area (Å²) in [5.41, 5.74) is 0. The molecule has 0 unspecified atom stereocenters. The van der Waals surface area contributed by atoms with Crippen molar-refractivity contribution in [2.75, 3.05) is 0 Å². The summed E-state index contributed by atoms with van der Waals surface area (Å²) in [7, 11) is 4.00. The molecule has 1 fully saturated rings. The summed E-state index contributed by atoms with van der Waals surface area (Å²) < 4.78 is 0. The van der Waals surface area contributed by atoms with Gasteiger partial charge in [0.1, 0.15) is 0 Å². The lowest BCUT2D eigenvalue weighted by Gasteiger charge is -2.05. The molecule has 1 aliphatic rings. The van der Waals surface area contributed by atoms with Crippen LogP contribution in [0.1, 0.15) is 0 Å². The first-order valence-corrected chi connectivity index (χ1v) is 1.39. The third-order valence-corrected chi connectivity index (χ3v) is 0.471. The van der Waals surface area contributed by atoms with E-state index in [0.717, 1.165) is 6.22 Å². The van der Waals surface area contributed by atoms with E-state index in [-0.39, 0.29) is 0 Å². The molecular weight excluding hydrogens is 47.6 g/mol. The molecule has 0 bridgehead atoms. The van der Waals surface area contributed by atoms with Gasteiger partial charge in [-0.05, 0) is 0 Å². The van der Waals surface area contributed by atoms with Crippen molar-refractivity contribution < 1.29 is 0 Å². The van der Waals surface area contributed by atoms with Gasteiger partial charge in [0.25, 0.3) is 0 Å². The summed E-state index contributed by atoms with van der Waals surface area (Å²) >= 11 is 0. The lowest BCUT2D eigenvalue weighted by atomic mass is 9.55. The van der Waals surface area contributed by atoms with Crippen molar-refractivity contribution in [3.63, 3.8) is 0 Å². The van der Waals surface area contributed by atoms with Crippen LogP contribution in [0.3, 0.4) is 0 Å². The molecule has 2 radical (unpaired) electrons. The summed E-state index contributed by atoms with van der Waals surface area (Å²) in [6, 6.07) is 0. The van der Waals surface area contributed by atoms with E-state index < -0.39 is 0 Å². The van der Waals surface area contributed by atoms with E-state index in [0.29, 0.717) is 0 Å². The highest BCUT2D eigenvalue weighted by molar-refractivity contribution is 6.70. The summed E-state index contributed by atoms with van der Waals surface area (Å²) in [6.07, 6.45) is 1.14. The largest absolute Gasteiger partial charge is 0.408 e. The molecule has 0 spiro atoms. The van der Waals surface area contributed by atoms with E-state index in [1.165, 1.54) is 0 Å². The first-order valence-electron chi connectivity index (χ1n) is 1.39. The monoisotopic (exact) mass is 51.0 g/mol. The van der Waals surface area contributed by atoms with Crippen molar-refractivity contribution in [1.82, 2.24) is 5.14 Å². The highest BCUT2D eigenvalue weighted by Gasteiger charge is 1.99. The Bertz CT molecular complexity index is 14.0. The summed E-state index contributed by atoms with van der Waals surface area (Å²) in [5, 5.41) is 2.86. The van der Waals surface area contributed by atoms with E-state index in [2.05, 4.69) is 5.14 Å². The van der Waals surface area contributed by atoms with Crippen LogP contribution in [0.15, 0.2) is 0 Å². The Morgan fingerprint density at radius 1 is 1.50 bits per heavy atom. The van der Waals surface area contributed by atoms with E-state index >= 15 is 0 Å². The molecule has 18 valence electrons. The molecule has 1 saturated heterocycles. The first-order chi connectivity index (χ1) is 2.00. The zero-order valence-electron chi connectivity index (χ0n) is 2.36. The van der Waals surface area contributed by atoms with Crippen molar-refractivity contribution in [3.05, 3.63) is 0 Å². The highest BCUT2D eigenvalue weighted by atomic mass is 14.7. The number of nitrogens with one attached hydrogen (secondary N) is 1. The van der Waals surface area contributed by atoms with Gasteiger partial charge in [0.2, 0.25) is 0 Å². The van der Waals surface area contributed by atoms with Gasteiger partial charge in [0, 0.05) is 0 Å². The van der Waals surface area contributed by atoms with Crippen LogP contribution in [-0.2, 0) is 0 Å². The topological polar surface area (TPSA) is 12.0 Å². The summed E-state index contributed by atoms with van der Waals surface area (Å²) in [5.74, 6) is 0. The quantitative estimate of drug-likeness (QED) is 0.355. The minimum absolute atomic E-state index is 1.14. The summed E-state index contributed by atoms with van der Waals surface area (Å²) in [4.78, 5) is 0. The van der Waals surface area contributed by atoms with Crippen LogP contribution >= 0.6 is 0 Å². The average Bonchev–Trinajstić information content (AvgIpc) is 0.722. The lowest BCUT2D eigenvalue weighted by Crippen LogP contribution is -2.36.